The van der Waals surface area contributed by atoms with Crippen LogP contribution in [0.3, 0.4) is 0 Å². The number of aromatic nitrogens is 1. The number of aliphatic imine (C=N–C) groups is 1. The number of nitrogens with zero attached hydrogens (tertiary/aromatic N) is 2. The zero-order valence-electron chi connectivity index (χ0n) is 15.5. The summed E-state index contributed by atoms with van der Waals surface area (Å²) < 4.78 is 18.5. The molecule has 146 valence electrons. The Balaban J connectivity index is 0.00000261. The second kappa shape index (κ2) is 11.1. The van der Waals surface area contributed by atoms with E-state index in [1.807, 2.05) is 6.07 Å². The molecule has 0 spiro atoms. The SMILES string of the molecule is CCNC(=NCc1ccc(Oc2ccc(F)cc2)nc1)NC1CCCC1.I. The van der Waals surface area contributed by atoms with Gasteiger partial charge in [0.25, 0.3) is 0 Å². The molecule has 5 nitrogen and oxygen atoms in total. The van der Waals surface area contributed by atoms with Crippen LogP contribution in [0.25, 0.3) is 0 Å². The van der Waals surface area contributed by atoms with Crippen LogP contribution in [0.15, 0.2) is 47.6 Å². The van der Waals surface area contributed by atoms with E-state index in [-0.39, 0.29) is 29.8 Å². The molecule has 0 bridgehead atoms. The van der Waals surface area contributed by atoms with Crippen LogP contribution in [-0.2, 0) is 6.54 Å². The molecule has 2 N–H and O–H groups in total. The van der Waals surface area contributed by atoms with Crippen LogP contribution in [0.1, 0.15) is 38.2 Å². The highest BCUT2D eigenvalue weighted by Crippen LogP contribution is 2.20. The maximum atomic E-state index is 12.9. The fraction of sp³-hybridized carbons (Fsp3) is 0.400. The van der Waals surface area contributed by atoms with Gasteiger partial charge in [0.1, 0.15) is 11.6 Å². The van der Waals surface area contributed by atoms with Crippen molar-refractivity contribution in [1.29, 1.82) is 0 Å². The molecule has 3 rings (SSSR count). The second-order valence-corrected chi connectivity index (χ2v) is 6.38. The van der Waals surface area contributed by atoms with Gasteiger partial charge in [0.15, 0.2) is 5.96 Å². The number of ether oxygens (including phenoxy) is 1. The molecule has 0 unspecified atom stereocenters. The van der Waals surface area contributed by atoms with Gasteiger partial charge in [-0.1, -0.05) is 18.9 Å². The Morgan fingerprint density at radius 2 is 1.93 bits per heavy atom. The monoisotopic (exact) mass is 484 g/mol. The van der Waals surface area contributed by atoms with Crippen LogP contribution in [0.4, 0.5) is 4.39 Å². The fourth-order valence-electron chi connectivity index (χ4n) is 2.94. The predicted octanol–water partition coefficient (Wildman–Crippen LogP) is 4.63. The van der Waals surface area contributed by atoms with Crippen molar-refractivity contribution in [3.63, 3.8) is 0 Å². The van der Waals surface area contributed by atoms with E-state index in [0.29, 0.717) is 24.2 Å². The Hall–Kier alpha value is -1.90. The minimum atomic E-state index is -0.291. The number of halogens is 2. The van der Waals surface area contributed by atoms with Gasteiger partial charge < -0.3 is 15.4 Å². The van der Waals surface area contributed by atoms with E-state index in [9.17, 15) is 4.39 Å². The molecule has 1 aliphatic rings. The Labute approximate surface area is 176 Å². The van der Waals surface area contributed by atoms with Crippen molar-refractivity contribution >= 4 is 29.9 Å². The normalized spacial score (nSPS) is 14.5. The summed E-state index contributed by atoms with van der Waals surface area (Å²) in [4.78, 5) is 8.94. The molecule has 1 saturated carbocycles. The molecule has 1 fully saturated rings. The number of rotatable bonds is 6. The third-order valence-corrected chi connectivity index (χ3v) is 4.29. The molecule has 0 atom stereocenters. The molecule has 1 aromatic carbocycles. The Kier molecular flexibility index (Phi) is 8.77. The van der Waals surface area contributed by atoms with Crippen molar-refractivity contribution in [3.05, 3.63) is 54.0 Å². The molecule has 1 aromatic heterocycles. The third-order valence-electron chi connectivity index (χ3n) is 4.29. The zero-order valence-corrected chi connectivity index (χ0v) is 17.8. The van der Waals surface area contributed by atoms with Crippen LogP contribution in [0.5, 0.6) is 11.6 Å². The summed E-state index contributed by atoms with van der Waals surface area (Å²) >= 11 is 0. The maximum absolute atomic E-state index is 12.9. The fourth-order valence-corrected chi connectivity index (χ4v) is 2.94. The van der Waals surface area contributed by atoms with Gasteiger partial charge in [-0.15, -0.1) is 24.0 Å². The molecule has 0 radical (unpaired) electrons. The smallest absolute Gasteiger partial charge is 0.219 e. The number of benzene rings is 1. The van der Waals surface area contributed by atoms with Gasteiger partial charge in [-0.05, 0) is 49.6 Å². The number of hydrogen-bond acceptors (Lipinski definition) is 3. The number of guanidine groups is 1. The Bertz CT molecular complexity index is 716. The molecular weight excluding hydrogens is 458 g/mol. The third kappa shape index (κ3) is 6.97. The van der Waals surface area contributed by atoms with E-state index in [1.54, 1.807) is 24.4 Å². The van der Waals surface area contributed by atoms with E-state index in [4.69, 9.17) is 4.74 Å². The predicted molar refractivity (Wildman–Crippen MR) is 116 cm³/mol. The van der Waals surface area contributed by atoms with Gasteiger partial charge in [-0.3, -0.25) is 0 Å². The first-order chi connectivity index (χ1) is 12.7. The van der Waals surface area contributed by atoms with E-state index in [1.165, 1.54) is 37.8 Å². The molecule has 0 aliphatic heterocycles. The highest BCUT2D eigenvalue weighted by molar-refractivity contribution is 14.0. The molecule has 2 aromatic rings. The largest absolute Gasteiger partial charge is 0.439 e. The van der Waals surface area contributed by atoms with Gasteiger partial charge in [-0.25, -0.2) is 14.4 Å². The zero-order chi connectivity index (χ0) is 18.2. The quantitative estimate of drug-likeness (QED) is 0.357. The van der Waals surface area contributed by atoms with Crippen molar-refractivity contribution < 1.29 is 9.13 Å². The topological polar surface area (TPSA) is 58.5 Å². The van der Waals surface area contributed by atoms with Crippen LogP contribution in [0.2, 0.25) is 0 Å². The molecule has 27 heavy (non-hydrogen) atoms. The van der Waals surface area contributed by atoms with Crippen molar-refractivity contribution in [2.75, 3.05) is 6.54 Å². The molecular formula is C20H26FIN4O. The summed E-state index contributed by atoms with van der Waals surface area (Å²) in [6.07, 6.45) is 6.75. The van der Waals surface area contributed by atoms with Crippen LogP contribution >= 0.6 is 24.0 Å². The van der Waals surface area contributed by atoms with Crippen LogP contribution in [-0.4, -0.2) is 23.5 Å². The first-order valence-corrected chi connectivity index (χ1v) is 9.16. The first-order valence-electron chi connectivity index (χ1n) is 9.16. The molecule has 0 amide bonds. The van der Waals surface area contributed by atoms with Crippen LogP contribution < -0.4 is 15.4 Å². The number of pyridine rings is 1. The number of hydrogen-bond donors (Lipinski definition) is 2. The Morgan fingerprint density at radius 1 is 1.19 bits per heavy atom. The summed E-state index contributed by atoms with van der Waals surface area (Å²) in [7, 11) is 0. The van der Waals surface area contributed by atoms with Crippen LogP contribution in [0, 0.1) is 5.82 Å². The van der Waals surface area contributed by atoms with E-state index in [0.717, 1.165) is 18.1 Å². The first kappa shape index (κ1) is 21.4. The lowest BCUT2D eigenvalue weighted by molar-refractivity contribution is 0.461. The maximum Gasteiger partial charge on any atom is 0.219 e. The van der Waals surface area contributed by atoms with E-state index in [2.05, 4.69) is 27.5 Å². The molecule has 0 saturated heterocycles. The second-order valence-electron chi connectivity index (χ2n) is 6.38. The van der Waals surface area contributed by atoms with Gasteiger partial charge >= 0.3 is 0 Å². The molecule has 1 aliphatic carbocycles. The van der Waals surface area contributed by atoms with Crippen molar-refractivity contribution in [2.45, 2.75) is 45.2 Å². The lowest BCUT2D eigenvalue weighted by Gasteiger charge is -2.16. The molecule has 1 heterocycles. The minimum absolute atomic E-state index is 0. The summed E-state index contributed by atoms with van der Waals surface area (Å²) in [5.41, 5.74) is 1.00. The standard InChI is InChI=1S/C20H25FN4O.HI/c1-2-22-20(25-17-5-3-4-6-17)24-14-15-7-12-19(23-13-15)26-18-10-8-16(21)9-11-18;/h7-13,17H,2-6,14H2,1H3,(H2,22,24,25);1H. The van der Waals surface area contributed by atoms with Crippen molar-refractivity contribution in [2.24, 2.45) is 4.99 Å². The summed E-state index contributed by atoms with van der Waals surface area (Å²) in [6.45, 7) is 3.45. The van der Waals surface area contributed by atoms with Gasteiger partial charge in [-0.2, -0.15) is 0 Å². The molecule has 7 heteroatoms. The van der Waals surface area contributed by atoms with Gasteiger partial charge in [0.05, 0.1) is 6.54 Å². The lowest BCUT2D eigenvalue weighted by atomic mass is 10.2. The minimum Gasteiger partial charge on any atom is -0.439 e. The average Bonchev–Trinajstić information content (AvgIpc) is 3.16. The van der Waals surface area contributed by atoms with Gasteiger partial charge in [0.2, 0.25) is 5.88 Å². The summed E-state index contributed by atoms with van der Waals surface area (Å²) in [5, 5.41) is 6.79. The van der Waals surface area contributed by atoms with E-state index < -0.39 is 0 Å². The summed E-state index contributed by atoms with van der Waals surface area (Å²) in [6, 6.07) is 10.1. The highest BCUT2D eigenvalue weighted by Gasteiger charge is 2.15. The number of nitrogens with one attached hydrogen (secondary N) is 2. The van der Waals surface area contributed by atoms with Gasteiger partial charge in [0, 0.05) is 24.8 Å². The van der Waals surface area contributed by atoms with Crippen molar-refractivity contribution in [1.82, 2.24) is 15.6 Å². The summed E-state index contributed by atoms with van der Waals surface area (Å²) in [5.74, 6) is 1.59. The average molecular weight is 484 g/mol. The highest BCUT2D eigenvalue weighted by atomic mass is 127. The van der Waals surface area contributed by atoms with Crippen molar-refractivity contribution in [3.8, 4) is 11.6 Å². The lowest BCUT2D eigenvalue weighted by Crippen LogP contribution is -2.42. The van der Waals surface area contributed by atoms with E-state index >= 15 is 0 Å². The Morgan fingerprint density at radius 3 is 2.56 bits per heavy atom.